The third-order valence-electron chi connectivity index (χ3n) is 4.19. The van der Waals surface area contributed by atoms with Crippen LogP contribution in [-0.2, 0) is 0 Å². The van der Waals surface area contributed by atoms with E-state index >= 15 is 0 Å². The van der Waals surface area contributed by atoms with Crippen molar-refractivity contribution in [3.05, 3.63) is 0 Å². The third kappa shape index (κ3) is 15.9. The molecule has 0 spiro atoms. The zero-order valence-electron chi connectivity index (χ0n) is 15.8. The highest BCUT2D eigenvalue weighted by Crippen LogP contribution is 2.09. The zero-order valence-corrected chi connectivity index (χ0v) is 15.8. The molecule has 0 aromatic heterocycles. The van der Waals surface area contributed by atoms with Crippen molar-refractivity contribution in [1.82, 2.24) is 5.32 Å². The number of unbranched alkanes of at least 4 members (excludes halogenated alkanes) is 10. The number of nitrogens with zero attached hydrogens (tertiary/aromatic N) is 1. The maximum Gasteiger partial charge on any atom is 0.0963 e. The largest absolute Gasteiger partial charge is 0.374 e. The molecule has 0 radical (unpaired) electrons. The van der Waals surface area contributed by atoms with E-state index in [1.165, 1.54) is 89.3 Å². The minimum atomic E-state index is 1.01. The van der Waals surface area contributed by atoms with Gasteiger partial charge in [-0.1, -0.05) is 85.0 Å². The van der Waals surface area contributed by atoms with Crippen LogP contribution < -0.4 is 5.32 Å². The highest BCUT2D eigenvalue weighted by Gasteiger charge is 1.99. The second-order valence-corrected chi connectivity index (χ2v) is 6.54. The fourth-order valence-electron chi connectivity index (χ4n) is 2.66. The Hall–Kier alpha value is -0.530. The Morgan fingerprint density at radius 2 is 1.18 bits per heavy atom. The molecule has 2 nitrogen and oxygen atoms in total. The van der Waals surface area contributed by atoms with Gasteiger partial charge in [0, 0.05) is 19.5 Å². The summed E-state index contributed by atoms with van der Waals surface area (Å²) < 4.78 is 0. The van der Waals surface area contributed by atoms with Crippen LogP contribution in [0.3, 0.4) is 0 Å². The van der Waals surface area contributed by atoms with E-state index in [4.69, 9.17) is 4.99 Å². The van der Waals surface area contributed by atoms with E-state index in [2.05, 4.69) is 26.1 Å². The van der Waals surface area contributed by atoms with Crippen LogP contribution in [0.1, 0.15) is 111 Å². The summed E-state index contributed by atoms with van der Waals surface area (Å²) >= 11 is 0. The lowest BCUT2D eigenvalue weighted by molar-refractivity contribution is 0.591. The summed E-state index contributed by atoms with van der Waals surface area (Å²) in [5.41, 5.74) is 0. The van der Waals surface area contributed by atoms with Crippen LogP contribution in [0.4, 0.5) is 0 Å². The second kappa shape index (κ2) is 18.5. The van der Waals surface area contributed by atoms with Gasteiger partial charge in [0.25, 0.3) is 0 Å². The van der Waals surface area contributed by atoms with Crippen LogP contribution >= 0.6 is 0 Å². The van der Waals surface area contributed by atoms with E-state index in [0.717, 1.165) is 19.5 Å². The normalized spacial score (nSPS) is 11.9. The third-order valence-corrected chi connectivity index (χ3v) is 4.19. The van der Waals surface area contributed by atoms with E-state index in [0.29, 0.717) is 0 Å². The Labute approximate surface area is 140 Å². The second-order valence-electron chi connectivity index (χ2n) is 6.54. The van der Waals surface area contributed by atoms with Crippen LogP contribution in [-0.4, -0.2) is 18.9 Å². The van der Waals surface area contributed by atoms with Crippen LogP contribution in [0, 0.1) is 0 Å². The number of rotatable bonds is 16. The molecule has 0 amide bonds. The van der Waals surface area contributed by atoms with Gasteiger partial charge in [0.1, 0.15) is 0 Å². The van der Waals surface area contributed by atoms with Crippen molar-refractivity contribution in [2.45, 2.75) is 111 Å². The molecule has 0 atom stereocenters. The van der Waals surface area contributed by atoms with E-state index in [1.807, 2.05) is 0 Å². The molecule has 0 aliphatic carbocycles. The fourth-order valence-corrected chi connectivity index (χ4v) is 2.66. The van der Waals surface area contributed by atoms with E-state index in [-0.39, 0.29) is 0 Å². The highest BCUT2D eigenvalue weighted by molar-refractivity contribution is 5.82. The fraction of sp³-hybridized carbons (Fsp3) is 0.950. The number of nitrogens with one attached hydrogen (secondary N) is 1. The maximum atomic E-state index is 4.81. The summed E-state index contributed by atoms with van der Waals surface area (Å²) in [5.74, 6) is 1.28. The SMILES string of the molecule is CCCCCCCCCC(=NCCCCC)NCCCCC. The molecule has 0 heterocycles. The van der Waals surface area contributed by atoms with Crippen LogP contribution in [0.5, 0.6) is 0 Å². The molecule has 132 valence electrons. The van der Waals surface area contributed by atoms with Gasteiger partial charge in [-0.3, -0.25) is 4.99 Å². The average molecular weight is 311 g/mol. The number of amidine groups is 1. The van der Waals surface area contributed by atoms with Gasteiger partial charge < -0.3 is 5.32 Å². The van der Waals surface area contributed by atoms with E-state index < -0.39 is 0 Å². The molecular weight excluding hydrogens is 268 g/mol. The Kier molecular flexibility index (Phi) is 18.1. The molecule has 0 bridgehead atoms. The molecule has 0 saturated carbocycles. The number of aliphatic imine (C=N–C) groups is 1. The first-order chi connectivity index (χ1) is 10.8. The lowest BCUT2D eigenvalue weighted by Crippen LogP contribution is -2.25. The van der Waals surface area contributed by atoms with Crippen molar-refractivity contribution in [2.24, 2.45) is 4.99 Å². The molecule has 0 fully saturated rings. The molecule has 22 heavy (non-hydrogen) atoms. The van der Waals surface area contributed by atoms with Gasteiger partial charge in [0.15, 0.2) is 0 Å². The maximum absolute atomic E-state index is 4.81. The minimum absolute atomic E-state index is 1.01. The molecule has 0 aromatic rings. The summed E-state index contributed by atoms with van der Waals surface area (Å²) in [6.07, 6.45) is 18.6. The molecule has 2 heteroatoms. The number of hydrogen-bond acceptors (Lipinski definition) is 1. The minimum Gasteiger partial charge on any atom is -0.374 e. The molecule has 0 aliphatic heterocycles. The molecule has 0 aromatic carbocycles. The quantitative estimate of drug-likeness (QED) is 0.196. The highest BCUT2D eigenvalue weighted by atomic mass is 15.0. The predicted molar refractivity (Wildman–Crippen MR) is 102 cm³/mol. The van der Waals surface area contributed by atoms with Gasteiger partial charge in [0.2, 0.25) is 0 Å². The summed E-state index contributed by atoms with van der Waals surface area (Å²) in [6.45, 7) is 8.92. The van der Waals surface area contributed by atoms with Gasteiger partial charge >= 0.3 is 0 Å². The zero-order chi connectivity index (χ0) is 16.3. The van der Waals surface area contributed by atoms with Crippen molar-refractivity contribution in [3.63, 3.8) is 0 Å². The van der Waals surface area contributed by atoms with Gasteiger partial charge in [-0.2, -0.15) is 0 Å². The summed E-state index contributed by atoms with van der Waals surface area (Å²) in [5, 5.41) is 3.59. The van der Waals surface area contributed by atoms with Crippen LogP contribution in [0.25, 0.3) is 0 Å². The van der Waals surface area contributed by atoms with Crippen molar-refractivity contribution in [1.29, 1.82) is 0 Å². The predicted octanol–water partition coefficient (Wildman–Crippen LogP) is 6.50. The summed E-state index contributed by atoms with van der Waals surface area (Å²) in [4.78, 5) is 4.81. The van der Waals surface area contributed by atoms with Gasteiger partial charge in [0.05, 0.1) is 5.84 Å². The van der Waals surface area contributed by atoms with Crippen molar-refractivity contribution < 1.29 is 0 Å². The summed E-state index contributed by atoms with van der Waals surface area (Å²) in [6, 6.07) is 0. The molecule has 0 unspecified atom stereocenters. The average Bonchev–Trinajstić information content (AvgIpc) is 2.53. The van der Waals surface area contributed by atoms with Gasteiger partial charge in [-0.05, 0) is 19.3 Å². The van der Waals surface area contributed by atoms with Crippen molar-refractivity contribution in [2.75, 3.05) is 13.1 Å². The molecule has 1 N–H and O–H groups in total. The Bertz CT molecular complexity index is 236. The summed E-state index contributed by atoms with van der Waals surface area (Å²) in [7, 11) is 0. The standard InChI is InChI=1S/C20H42N2/c1-4-7-10-11-12-13-14-17-20(21-18-15-8-5-2)22-19-16-9-6-3/h4-19H2,1-3H3,(H,21,22). The van der Waals surface area contributed by atoms with E-state index in [9.17, 15) is 0 Å². The van der Waals surface area contributed by atoms with Crippen molar-refractivity contribution in [3.8, 4) is 0 Å². The van der Waals surface area contributed by atoms with E-state index in [1.54, 1.807) is 0 Å². The van der Waals surface area contributed by atoms with Gasteiger partial charge in [-0.15, -0.1) is 0 Å². The van der Waals surface area contributed by atoms with Crippen LogP contribution in [0.2, 0.25) is 0 Å². The topological polar surface area (TPSA) is 24.4 Å². The Morgan fingerprint density at radius 1 is 0.636 bits per heavy atom. The smallest absolute Gasteiger partial charge is 0.0963 e. The lowest BCUT2D eigenvalue weighted by Gasteiger charge is -2.10. The first kappa shape index (κ1) is 21.5. The van der Waals surface area contributed by atoms with Crippen molar-refractivity contribution >= 4 is 5.84 Å². The van der Waals surface area contributed by atoms with Crippen LogP contribution in [0.15, 0.2) is 4.99 Å². The number of hydrogen-bond donors (Lipinski definition) is 1. The molecule has 0 saturated heterocycles. The Balaban J connectivity index is 3.80. The van der Waals surface area contributed by atoms with Gasteiger partial charge in [-0.25, -0.2) is 0 Å². The molecular formula is C20H42N2. The monoisotopic (exact) mass is 310 g/mol. The first-order valence-corrected chi connectivity index (χ1v) is 10.1. The lowest BCUT2D eigenvalue weighted by atomic mass is 10.1. The molecule has 0 aliphatic rings. The Morgan fingerprint density at radius 3 is 1.86 bits per heavy atom. The molecule has 0 rings (SSSR count). The first-order valence-electron chi connectivity index (χ1n) is 10.1.